The zero-order valence-corrected chi connectivity index (χ0v) is 11.4. The summed E-state index contributed by atoms with van der Waals surface area (Å²) in [6, 6.07) is -0.140. The predicted molar refractivity (Wildman–Crippen MR) is 72.8 cm³/mol. The van der Waals surface area contributed by atoms with Crippen molar-refractivity contribution in [2.75, 3.05) is 6.54 Å². The fourth-order valence-electron chi connectivity index (χ4n) is 2.41. The molecule has 0 aliphatic carbocycles. The van der Waals surface area contributed by atoms with Crippen LogP contribution in [0.4, 0.5) is 4.79 Å². The van der Waals surface area contributed by atoms with Crippen LogP contribution in [0.15, 0.2) is 0 Å². The minimum atomic E-state index is -0.140. The van der Waals surface area contributed by atoms with Gasteiger partial charge in [-0.1, -0.05) is 46.0 Å². The molecule has 0 aromatic heterocycles. The number of carbonyl (C=O) groups is 1. The van der Waals surface area contributed by atoms with E-state index in [0.29, 0.717) is 0 Å². The van der Waals surface area contributed by atoms with E-state index in [1.807, 2.05) is 0 Å². The highest BCUT2D eigenvalue weighted by Gasteiger charge is 2.28. The third kappa shape index (κ3) is 6.21. The number of hydrogen-bond donors (Lipinski definition) is 2. The normalized spacial score (nSPS) is 10.7. The van der Waals surface area contributed by atoms with Gasteiger partial charge in [0.1, 0.15) is 0 Å². The molecule has 17 heavy (non-hydrogen) atoms. The Labute approximate surface area is 106 Å². The van der Waals surface area contributed by atoms with Crippen LogP contribution in [0, 0.1) is 12.3 Å². The second-order valence-electron chi connectivity index (χ2n) is 4.54. The van der Waals surface area contributed by atoms with Crippen molar-refractivity contribution >= 4 is 6.03 Å². The number of amides is 2. The number of nitrogens with one attached hydrogen (secondary N) is 2. The Morgan fingerprint density at radius 2 is 1.59 bits per heavy atom. The minimum absolute atomic E-state index is 0.0586. The van der Waals surface area contributed by atoms with E-state index in [9.17, 15) is 4.79 Å². The molecule has 0 radical (unpaired) electrons. The molecule has 0 fully saturated rings. The Morgan fingerprint density at radius 3 is 1.94 bits per heavy atom. The van der Waals surface area contributed by atoms with Crippen molar-refractivity contribution in [3.05, 3.63) is 0 Å². The highest BCUT2D eigenvalue weighted by molar-refractivity contribution is 5.75. The fourth-order valence-corrected chi connectivity index (χ4v) is 2.41. The molecule has 0 bridgehead atoms. The Morgan fingerprint density at radius 1 is 1.12 bits per heavy atom. The van der Waals surface area contributed by atoms with Crippen molar-refractivity contribution < 1.29 is 4.79 Å². The van der Waals surface area contributed by atoms with Crippen LogP contribution >= 0.6 is 0 Å². The molecule has 2 N–H and O–H groups in total. The van der Waals surface area contributed by atoms with Crippen LogP contribution in [0.1, 0.15) is 59.3 Å². The summed E-state index contributed by atoms with van der Waals surface area (Å²) >= 11 is 0. The molecule has 3 nitrogen and oxygen atoms in total. The van der Waals surface area contributed by atoms with E-state index in [2.05, 4.69) is 37.3 Å². The average molecular weight is 238 g/mol. The Balaban J connectivity index is 4.53. The van der Waals surface area contributed by atoms with E-state index in [-0.39, 0.29) is 18.1 Å². The topological polar surface area (TPSA) is 41.1 Å². The quantitative estimate of drug-likeness (QED) is 0.627. The second-order valence-corrected chi connectivity index (χ2v) is 4.54. The highest BCUT2D eigenvalue weighted by Crippen LogP contribution is 2.25. The summed E-state index contributed by atoms with van der Waals surface area (Å²) in [5, 5.41) is 5.80. The molecule has 0 aromatic rings. The number of carbonyl (C=O) groups excluding carboxylic acids is 1. The van der Waals surface area contributed by atoms with Gasteiger partial charge in [0.05, 0.1) is 6.54 Å². The van der Waals surface area contributed by atoms with E-state index in [4.69, 9.17) is 6.42 Å². The van der Waals surface area contributed by atoms with Crippen LogP contribution in [0.5, 0.6) is 0 Å². The van der Waals surface area contributed by atoms with Gasteiger partial charge in [0, 0.05) is 5.54 Å². The van der Waals surface area contributed by atoms with Crippen LogP contribution in [-0.4, -0.2) is 18.1 Å². The average Bonchev–Trinajstić information content (AvgIpc) is 2.27. The lowest BCUT2D eigenvalue weighted by Gasteiger charge is -2.34. The molecule has 0 spiro atoms. The Kier molecular flexibility index (Phi) is 8.31. The van der Waals surface area contributed by atoms with Crippen LogP contribution in [0.2, 0.25) is 0 Å². The first kappa shape index (κ1) is 15.8. The van der Waals surface area contributed by atoms with E-state index in [1.54, 1.807) is 0 Å². The number of hydrogen-bond acceptors (Lipinski definition) is 1. The second kappa shape index (κ2) is 8.92. The van der Waals surface area contributed by atoms with Crippen molar-refractivity contribution in [1.82, 2.24) is 10.6 Å². The molecule has 98 valence electrons. The molecule has 2 amide bonds. The molecule has 0 aliphatic rings. The molecule has 0 rings (SSSR count). The van der Waals surface area contributed by atoms with Crippen molar-refractivity contribution in [3.63, 3.8) is 0 Å². The maximum Gasteiger partial charge on any atom is 0.315 e. The van der Waals surface area contributed by atoms with Crippen molar-refractivity contribution in [2.45, 2.75) is 64.8 Å². The molecular formula is C14H26N2O. The first-order valence-corrected chi connectivity index (χ1v) is 6.63. The summed E-state index contributed by atoms with van der Waals surface area (Å²) in [5.41, 5.74) is -0.0586. The van der Waals surface area contributed by atoms with Crippen molar-refractivity contribution in [3.8, 4) is 12.3 Å². The largest absolute Gasteiger partial charge is 0.333 e. The number of terminal acetylenes is 1. The smallest absolute Gasteiger partial charge is 0.315 e. The summed E-state index contributed by atoms with van der Waals surface area (Å²) < 4.78 is 0. The maximum atomic E-state index is 11.7. The molecule has 0 aliphatic heterocycles. The molecule has 0 heterocycles. The predicted octanol–water partition coefficient (Wildman–Crippen LogP) is 3.06. The molecule has 0 unspecified atom stereocenters. The third-order valence-electron chi connectivity index (χ3n) is 2.92. The monoisotopic (exact) mass is 238 g/mol. The fraction of sp³-hybridized carbons (Fsp3) is 0.786. The summed E-state index contributed by atoms with van der Waals surface area (Å²) in [5.74, 6) is 2.41. The molecule has 0 aromatic carbocycles. The van der Waals surface area contributed by atoms with E-state index in [1.165, 1.54) is 0 Å². The standard InChI is InChI=1S/C14H26N2O/c1-5-9-14(10-6-2,11-7-3)16-13(17)15-12-8-4/h4H,5-7,9-12H2,1-3H3,(H2,15,16,17). The highest BCUT2D eigenvalue weighted by atomic mass is 16.2. The maximum absolute atomic E-state index is 11.7. The minimum Gasteiger partial charge on any atom is -0.333 e. The van der Waals surface area contributed by atoms with Gasteiger partial charge in [0.15, 0.2) is 0 Å². The lowest BCUT2D eigenvalue weighted by Crippen LogP contribution is -2.52. The van der Waals surface area contributed by atoms with Crippen molar-refractivity contribution in [1.29, 1.82) is 0 Å². The molecule has 3 heteroatoms. The zero-order valence-electron chi connectivity index (χ0n) is 11.4. The van der Waals surface area contributed by atoms with Crippen molar-refractivity contribution in [2.24, 2.45) is 0 Å². The van der Waals surface area contributed by atoms with Gasteiger partial charge in [-0.2, -0.15) is 0 Å². The first-order chi connectivity index (χ1) is 8.14. The van der Waals surface area contributed by atoms with Gasteiger partial charge in [-0.25, -0.2) is 4.79 Å². The van der Waals surface area contributed by atoms with E-state index < -0.39 is 0 Å². The molecule has 0 saturated heterocycles. The molecule has 0 atom stereocenters. The molecular weight excluding hydrogens is 212 g/mol. The van der Waals surface area contributed by atoms with Crippen LogP contribution < -0.4 is 10.6 Å². The van der Waals surface area contributed by atoms with Gasteiger partial charge in [0.25, 0.3) is 0 Å². The van der Waals surface area contributed by atoms with E-state index in [0.717, 1.165) is 38.5 Å². The van der Waals surface area contributed by atoms with E-state index >= 15 is 0 Å². The van der Waals surface area contributed by atoms with Gasteiger partial charge in [-0.15, -0.1) is 6.42 Å². The lowest BCUT2D eigenvalue weighted by molar-refractivity contribution is 0.210. The lowest BCUT2D eigenvalue weighted by atomic mass is 9.84. The summed E-state index contributed by atoms with van der Waals surface area (Å²) in [4.78, 5) is 11.7. The van der Waals surface area contributed by atoms with Crippen LogP contribution in [0.25, 0.3) is 0 Å². The SMILES string of the molecule is C#CCNC(=O)NC(CCC)(CCC)CCC. The van der Waals surface area contributed by atoms with Crippen LogP contribution in [-0.2, 0) is 0 Å². The summed E-state index contributed by atoms with van der Waals surface area (Å²) in [6.45, 7) is 6.75. The number of rotatable bonds is 8. The first-order valence-electron chi connectivity index (χ1n) is 6.63. The van der Waals surface area contributed by atoms with Gasteiger partial charge >= 0.3 is 6.03 Å². The summed E-state index contributed by atoms with van der Waals surface area (Å²) in [7, 11) is 0. The zero-order chi connectivity index (χ0) is 13.1. The molecule has 0 saturated carbocycles. The van der Waals surface area contributed by atoms with Gasteiger partial charge in [-0.3, -0.25) is 0 Å². The van der Waals surface area contributed by atoms with Crippen LogP contribution in [0.3, 0.4) is 0 Å². The summed E-state index contributed by atoms with van der Waals surface area (Å²) in [6.07, 6.45) is 11.4. The number of urea groups is 1. The van der Waals surface area contributed by atoms with Gasteiger partial charge in [-0.05, 0) is 19.3 Å². The van der Waals surface area contributed by atoms with Gasteiger partial charge < -0.3 is 10.6 Å². The Hall–Kier alpha value is -1.17. The third-order valence-corrected chi connectivity index (χ3v) is 2.92. The van der Waals surface area contributed by atoms with Gasteiger partial charge in [0.2, 0.25) is 0 Å². The Bertz CT molecular complexity index is 238.